The number of hydrogen-bond donors (Lipinski definition) is 2. The fraction of sp³-hybridized carbons (Fsp3) is 0.167. The first-order valence-electron chi connectivity index (χ1n) is 5.10. The largest absolute Gasteiger partial charge is 0.387 e. The third-order valence-corrected chi connectivity index (χ3v) is 3.01. The van der Waals surface area contributed by atoms with Gasteiger partial charge in [0, 0.05) is 6.54 Å². The zero-order valence-electron chi connectivity index (χ0n) is 9.00. The number of nitrogens with one attached hydrogen (secondary N) is 1. The van der Waals surface area contributed by atoms with E-state index in [-0.39, 0.29) is 0 Å². The Bertz CT molecular complexity index is 502. The minimum absolute atomic E-state index is 0.383. The minimum Gasteiger partial charge on any atom is -0.387 e. The Morgan fingerprint density at radius 1 is 1.47 bits per heavy atom. The van der Waals surface area contributed by atoms with E-state index in [1.54, 1.807) is 29.7 Å². The number of aromatic nitrogens is 1. The van der Waals surface area contributed by atoms with Gasteiger partial charge in [-0.1, -0.05) is 0 Å². The van der Waals surface area contributed by atoms with Crippen LogP contribution in [0.2, 0.25) is 0 Å². The van der Waals surface area contributed by atoms with Crippen molar-refractivity contribution in [3.05, 3.63) is 46.4 Å². The summed E-state index contributed by atoms with van der Waals surface area (Å²) in [6, 6.07) is 7.26. The van der Waals surface area contributed by atoms with Gasteiger partial charge in [0.25, 0.3) is 0 Å². The second kappa shape index (κ2) is 5.43. The highest BCUT2D eigenvalue weighted by Gasteiger charge is 2.07. The second-order valence-electron chi connectivity index (χ2n) is 3.50. The molecule has 2 heterocycles. The van der Waals surface area contributed by atoms with Crippen LogP contribution in [0.1, 0.15) is 17.4 Å². The smallest absolute Gasteiger partial charge is 0.140 e. The number of nitrogens with zero attached hydrogens (tertiary/aromatic N) is 2. The second-order valence-corrected chi connectivity index (χ2v) is 4.28. The van der Waals surface area contributed by atoms with Gasteiger partial charge in [-0.25, -0.2) is 4.98 Å². The van der Waals surface area contributed by atoms with Gasteiger partial charge in [0.1, 0.15) is 11.8 Å². The van der Waals surface area contributed by atoms with Crippen molar-refractivity contribution in [1.82, 2.24) is 4.98 Å². The van der Waals surface area contributed by atoms with Crippen LogP contribution in [0, 0.1) is 11.3 Å². The van der Waals surface area contributed by atoms with Crippen molar-refractivity contribution in [2.45, 2.75) is 6.10 Å². The molecule has 0 amide bonds. The van der Waals surface area contributed by atoms with E-state index in [4.69, 9.17) is 5.26 Å². The number of rotatable bonds is 4. The third kappa shape index (κ3) is 3.03. The molecule has 0 aromatic carbocycles. The first kappa shape index (κ1) is 11.6. The van der Waals surface area contributed by atoms with Gasteiger partial charge in [-0.15, -0.1) is 0 Å². The zero-order valence-corrected chi connectivity index (χ0v) is 9.81. The van der Waals surface area contributed by atoms with E-state index in [1.807, 2.05) is 22.9 Å². The number of nitriles is 1. The van der Waals surface area contributed by atoms with Gasteiger partial charge in [-0.3, -0.25) is 0 Å². The first-order chi connectivity index (χ1) is 8.29. The third-order valence-electron chi connectivity index (χ3n) is 2.31. The molecule has 2 N–H and O–H groups in total. The van der Waals surface area contributed by atoms with E-state index in [9.17, 15) is 5.11 Å². The average Bonchev–Trinajstić information content (AvgIpc) is 2.90. The Kier molecular flexibility index (Phi) is 3.70. The number of aliphatic hydroxyl groups is 1. The highest BCUT2D eigenvalue weighted by Crippen LogP contribution is 2.17. The van der Waals surface area contributed by atoms with E-state index < -0.39 is 6.10 Å². The molecule has 2 rings (SSSR count). The molecule has 4 nitrogen and oxygen atoms in total. The quantitative estimate of drug-likeness (QED) is 0.866. The van der Waals surface area contributed by atoms with Crippen LogP contribution in [-0.4, -0.2) is 16.6 Å². The van der Waals surface area contributed by atoms with Crippen LogP contribution in [-0.2, 0) is 0 Å². The van der Waals surface area contributed by atoms with Gasteiger partial charge in [0.05, 0.1) is 18.0 Å². The predicted octanol–water partition coefficient (Wildman–Crippen LogP) is 2.16. The summed E-state index contributed by atoms with van der Waals surface area (Å²) in [4.78, 5) is 3.93. The van der Waals surface area contributed by atoms with Crippen LogP contribution in [0.4, 0.5) is 5.69 Å². The molecule has 2 aromatic rings. The molecule has 0 bridgehead atoms. The lowest BCUT2D eigenvalue weighted by Gasteiger charge is -2.11. The molecule has 0 aliphatic heterocycles. The molecule has 0 fully saturated rings. The fourth-order valence-electron chi connectivity index (χ4n) is 1.36. The van der Waals surface area contributed by atoms with Crippen molar-refractivity contribution in [1.29, 1.82) is 5.26 Å². The Hall–Kier alpha value is -1.90. The Morgan fingerprint density at radius 2 is 2.35 bits per heavy atom. The summed E-state index contributed by atoms with van der Waals surface area (Å²) < 4.78 is 0. The van der Waals surface area contributed by atoms with Gasteiger partial charge in [-0.2, -0.15) is 16.6 Å². The van der Waals surface area contributed by atoms with Crippen LogP contribution in [0.3, 0.4) is 0 Å². The molecule has 0 radical (unpaired) electrons. The van der Waals surface area contributed by atoms with Crippen LogP contribution >= 0.6 is 11.3 Å². The summed E-state index contributed by atoms with van der Waals surface area (Å²) >= 11 is 1.56. The molecule has 0 spiro atoms. The number of thiophene rings is 1. The Morgan fingerprint density at radius 3 is 2.94 bits per heavy atom. The van der Waals surface area contributed by atoms with Crippen molar-refractivity contribution in [3.63, 3.8) is 0 Å². The van der Waals surface area contributed by atoms with Gasteiger partial charge in [0.15, 0.2) is 0 Å². The van der Waals surface area contributed by atoms with Crippen molar-refractivity contribution in [2.24, 2.45) is 0 Å². The van der Waals surface area contributed by atoms with Gasteiger partial charge < -0.3 is 10.4 Å². The zero-order chi connectivity index (χ0) is 12.1. The number of anilines is 1. The molecule has 0 saturated carbocycles. The van der Waals surface area contributed by atoms with Gasteiger partial charge in [0.2, 0.25) is 0 Å². The van der Waals surface area contributed by atoms with Crippen LogP contribution in [0.15, 0.2) is 35.2 Å². The maximum Gasteiger partial charge on any atom is 0.140 e. The molecule has 17 heavy (non-hydrogen) atoms. The van der Waals surface area contributed by atoms with Crippen molar-refractivity contribution >= 4 is 17.0 Å². The van der Waals surface area contributed by atoms with Crippen molar-refractivity contribution in [3.8, 4) is 6.07 Å². The molecule has 0 aliphatic carbocycles. The monoisotopic (exact) mass is 245 g/mol. The standard InChI is InChI=1S/C12H11N3OS/c13-5-10-1-2-11(6-14-10)15-7-12(16)9-3-4-17-8-9/h1-4,6,8,12,15-16H,7H2. The Labute approximate surface area is 103 Å². The maximum atomic E-state index is 9.84. The molecule has 5 heteroatoms. The van der Waals surface area contributed by atoms with Crippen LogP contribution < -0.4 is 5.32 Å². The number of aliphatic hydroxyl groups excluding tert-OH is 1. The molecule has 2 aromatic heterocycles. The van der Waals surface area contributed by atoms with E-state index in [2.05, 4.69) is 10.3 Å². The summed E-state index contributed by atoms with van der Waals surface area (Å²) in [5, 5.41) is 25.4. The summed E-state index contributed by atoms with van der Waals surface area (Å²) in [6.45, 7) is 0.421. The molecule has 1 unspecified atom stereocenters. The van der Waals surface area contributed by atoms with Crippen molar-refractivity contribution < 1.29 is 5.11 Å². The van der Waals surface area contributed by atoms with Gasteiger partial charge in [-0.05, 0) is 34.5 Å². The lowest BCUT2D eigenvalue weighted by Crippen LogP contribution is -2.11. The molecular weight excluding hydrogens is 234 g/mol. The topological polar surface area (TPSA) is 68.9 Å². The molecule has 86 valence electrons. The van der Waals surface area contributed by atoms with E-state index in [0.717, 1.165) is 11.3 Å². The SMILES string of the molecule is N#Cc1ccc(NCC(O)c2ccsc2)cn1. The lowest BCUT2D eigenvalue weighted by atomic mass is 10.2. The Balaban J connectivity index is 1.91. The minimum atomic E-state index is -0.531. The summed E-state index contributed by atoms with van der Waals surface area (Å²) in [5.41, 5.74) is 2.08. The number of pyridine rings is 1. The first-order valence-corrected chi connectivity index (χ1v) is 6.04. The summed E-state index contributed by atoms with van der Waals surface area (Å²) in [5.74, 6) is 0. The van der Waals surface area contributed by atoms with E-state index in [0.29, 0.717) is 12.2 Å². The van der Waals surface area contributed by atoms with Gasteiger partial charge >= 0.3 is 0 Å². The van der Waals surface area contributed by atoms with Crippen LogP contribution in [0.25, 0.3) is 0 Å². The van der Waals surface area contributed by atoms with E-state index in [1.165, 1.54) is 0 Å². The predicted molar refractivity (Wildman–Crippen MR) is 66.7 cm³/mol. The molecule has 0 aliphatic rings. The summed E-state index contributed by atoms with van der Waals surface area (Å²) in [6.07, 6.45) is 1.05. The van der Waals surface area contributed by atoms with Crippen molar-refractivity contribution in [2.75, 3.05) is 11.9 Å². The summed E-state index contributed by atoms with van der Waals surface area (Å²) in [7, 11) is 0. The highest BCUT2D eigenvalue weighted by molar-refractivity contribution is 7.07. The molecule has 1 atom stereocenters. The molecular formula is C12H11N3OS. The number of hydrogen-bond acceptors (Lipinski definition) is 5. The average molecular weight is 245 g/mol. The van der Waals surface area contributed by atoms with E-state index >= 15 is 0 Å². The fourth-order valence-corrected chi connectivity index (χ4v) is 2.07. The lowest BCUT2D eigenvalue weighted by molar-refractivity contribution is 0.192. The normalized spacial score (nSPS) is 11.8. The molecule has 0 saturated heterocycles. The maximum absolute atomic E-state index is 9.84. The van der Waals surface area contributed by atoms with Crippen LogP contribution in [0.5, 0.6) is 0 Å². The highest BCUT2D eigenvalue weighted by atomic mass is 32.1.